The number of fused-ring (bicyclic) bond motifs is 1. The molecule has 1 atom stereocenters. The number of aryl methyl sites for hydroxylation is 1. The van der Waals surface area contributed by atoms with E-state index in [1.165, 1.54) is 38.5 Å². The average molecular weight is 215 g/mol. The largest absolute Gasteiger partial charge is 0.330 e. The first-order valence-electron chi connectivity index (χ1n) is 6.65. The SMILES string of the molecule is NCC1(C2CCC2)CCCc2ccccc21. The molecule has 0 saturated heterocycles. The minimum atomic E-state index is 0.326. The molecule has 1 aromatic rings. The Morgan fingerprint density at radius 1 is 1.19 bits per heavy atom. The first-order valence-corrected chi connectivity index (χ1v) is 6.65. The van der Waals surface area contributed by atoms with E-state index in [0.29, 0.717) is 5.41 Å². The van der Waals surface area contributed by atoms with E-state index in [9.17, 15) is 0 Å². The van der Waals surface area contributed by atoms with Crippen LogP contribution in [0.15, 0.2) is 24.3 Å². The Hall–Kier alpha value is -0.820. The van der Waals surface area contributed by atoms with Crippen LogP contribution in [0.4, 0.5) is 0 Å². The first-order chi connectivity index (χ1) is 7.87. The number of nitrogens with two attached hydrogens (primary N) is 1. The average Bonchev–Trinajstić information content (AvgIpc) is 2.27. The van der Waals surface area contributed by atoms with Gasteiger partial charge in [0, 0.05) is 12.0 Å². The van der Waals surface area contributed by atoms with Gasteiger partial charge in [0.05, 0.1) is 0 Å². The monoisotopic (exact) mass is 215 g/mol. The fourth-order valence-corrected chi connectivity index (χ4v) is 3.72. The molecule has 0 spiro atoms. The van der Waals surface area contributed by atoms with Crippen LogP contribution in [0.3, 0.4) is 0 Å². The smallest absolute Gasteiger partial charge is 0.0107 e. The van der Waals surface area contributed by atoms with Crippen molar-refractivity contribution in [2.45, 2.75) is 43.9 Å². The summed E-state index contributed by atoms with van der Waals surface area (Å²) in [5.74, 6) is 0.860. The molecular weight excluding hydrogens is 194 g/mol. The lowest BCUT2D eigenvalue weighted by Crippen LogP contribution is -2.47. The van der Waals surface area contributed by atoms with Gasteiger partial charge in [0.25, 0.3) is 0 Å². The highest BCUT2D eigenvalue weighted by Gasteiger charge is 2.44. The fraction of sp³-hybridized carbons (Fsp3) is 0.600. The molecule has 1 aromatic carbocycles. The zero-order valence-electron chi connectivity index (χ0n) is 9.91. The summed E-state index contributed by atoms with van der Waals surface area (Å²) in [6.45, 7) is 0.842. The normalized spacial score (nSPS) is 29.6. The maximum Gasteiger partial charge on any atom is 0.0107 e. The molecule has 0 amide bonds. The van der Waals surface area contributed by atoms with Crippen molar-refractivity contribution in [3.63, 3.8) is 0 Å². The molecule has 0 heterocycles. The van der Waals surface area contributed by atoms with E-state index in [1.807, 2.05) is 0 Å². The van der Waals surface area contributed by atoms with Crippen molar-refractivity contribution in [3.8, 4) is 0 Å². The second-order valence-electron chi connectivity index (χ2n) is 5.50. The lowest BCUT2D eigenvalue weighted by Gasteiger charge is -2.48. The maximum atomic E-state index is 6.16. The Bertz CT molecular complexity index is 381. The standard InChI is InChI=1S/C15H21N/c16-11-15(13-7-3-8-13)10-4-6-12-5-1-2-9-14(12)15/h1-2,5,9,13H,3-4,6-8,10-11,16H2. The summed E-state index contributed by atoms with van der Waals surface area (Å²) >= 11 is 0. The summed E-state index contributed by atoms with van der Waals surface area (Å²) in [5, 5.41) is 0. The second kappa shape index (κ2) is 3.89. The Balaban J connectivity index is 2.06. The van der Waals surface area contributed by atoms with Gasteiger partial charge in [-0.1, -0.05) is 30.7 Å². The van der Waals surface area contributed by atoms with E-state index in [4.69, 9.17) is 5.73 Å². The van der Waals surface area contributed by atoms with Crippen LogP contribution < -0.4 is 5.73 Å². The van der Waals surface area contributed by atoms with Crippen LogP contribution >= 0.6 is 0 Å². The molecule has 0 bridgehead atoms. The van der Waals surface area contributed by atoms with Crippen LogP contribution in [0.5, 0.6) is 0 Å². The van der Waals surface area contributed by atoms with E-state index < -0.39 is 0 Å². The van der Waals surface area contributed by atoms with Gasteiger partial charge in [-0.15, -0.1) is 0 Å². The molecule has 1 saturated carbocycles. The van der Waals surface area contributed by atoms with Crippen LogP contribution in [0, 0.1) is 5.92 Å². The molecule has 2 aliphatic rings. The Kier molecular flexibility index (Phi) is 2.51. The summed E-state index contributed by atoms with van der Waals surface area (Å²) in [5.41, 5.74) is 9.63. The molecule has 2 N–H and O–H groups in total. The molecule has 16 heavy (non-hydrogen) atoms. The van der Waals surface area contributed by atoms with Crippen molar-refractivity contribution in [2.24, 2.45) is 11.7 Å². The number of hydrogen-bond acceptors (Lipinski definition) is 1. The summed E-state index contributed by atoms with van der Waals surface area (Å²) in [4.78, 5) is 0. The third-order valence-corrected chi connectivity index (χ3v) is 4.87. The fourth-order valence-electron chi connectivity index (χ4n) is 3.72. The molecular formula is C15H21N. The van der Waals surface area contributed by atoms with Gasteiger partial charge in [-0.2, -0.15) is 0 Å². The van der Waals surface area contributed by atoms with E-state index in [0.717, 1.165) is 12.5 Å². The third-order valence-electron chi connectivity index (χ3n) is 4.87. The Morgan fingerprint density at radius 3 is 2.69 bits per heavy atom. The van der Waals surface area contributed by atoms with E-state index in [-0.39, 0.29) is 0 Å². The molecule has 2 aliphatic carbocycles. The summed E-state index contributed by atoms with van der Waals surface area (Å²) in [6, 6.07) is 9.00. The lowest BCUT2D eigenvalue weighted by atomic mass is 9.57. The van der Waals surface area contributed by atoms with Crippen molar-refractivity contribution in [2.75, 3.05) is 6.54 Å². The summed E-state index contributed by atoms with van der Waals surface area (Å²) < 4.78 is 0. The predicted molar refractivity (Wildman–Crippen MR) is 67.5 cm³/mol. The highest BCUT2D eigenvalue weighted by atomic mass is 14.6. The van der Waals surface area contributed by atoms with Crippen LogP contribution in [0.2, 0.25) is 0 Å². The van der Waals surface area contributed by atoms with Crippen molar-refractivity contribution in [1.82, 2.24) is 0 Å². The Labute approximate surface area is 98.0 Å². The second-order valence-corrected chi connectivity index (χ2v) is 5.50. The molecule has 1 heteroatoms. The molecule has 0 radical (unpaired) electrons. The van der Waals surface area contributed by atoms with Crippen molar-refractivity contribution >= 4 is 0 Å². The molecule has 0 aromatic heterocycles. The van der Waals surface area contributed by atoms with Gasteiger partial charge in [0.15, 0.2) is 0 Å². The van der Waals surface area contributed by atoms with Crippen LogP contribution in [0.25, 0.3) is 0 Å². The molecule has 0 aliphatic heterocycles. The van der Waals surface area contributed by atoms with Crippen molar-refractivity contribution < 1.29 is 0 Å². The molecule has 1 nitrogen and oxygen atoms in total. The van der Waals surface area contributed by atoms with Gasteiger partial charge in [0.2, 0.25) is 0 Å². The quantitative estimate of drug-likeness (QED) is 0.806. The molecule has 86 valence electrons. The minimum absolute atomic E-state index is 0.326. The summed E-state index contributed by atoms with van der Waals surface area (Å²) in [7, 11) is 0. The van der Waals surface area contributed by atoms with Crippen LogP contribution in [-0.2, 0) is 11.8 Å². The van der Waals surface area contributed by atoms with E-state index >= 15 is 0 Å². The topological polar surface area (TPSA) is 26.0 Å². The lowest BCUT2D eigenvalue weighted by molar-refractivity contribution is 0.147. The highest BCUT2D eigenvalue weighted by molar-refractivity contribution is 5.38. The van der Waals surface area contributed by atoms with Gasteiger partial charge in [0.1, 0.15) is 0 Å². The van der Waals surface area contributed by atoms with Crippen molar-refractivity contribution in [3.05, 3.63) is 35.4 Å². The summed E-state index contributed by atoms with van der Waals surface area (Å²) in [6.07, 6.45) is 8.09. The van der Waals surface area contributed by atoms with Gasteiger partial charge in [-0.25, -0.2) is 0 Å². The zero-order chi connectivity index (χ0) is 11.0. The first kappa shape index (κ1) is 10.3. The van der Waals surface area contributed by atoms with Gasteiger partial charge >= 0.3 is 0 Å². The molecule has 3 rings (SSSR count). The van der Waals surface area contributed by atoms with Crippen LogP contribution in [-0.4, -0.2) is 6.54 Å². The number of rotatable bonds is 2. The predicted octanol–water partition coefficient (Wildman–Crippen LogP) is 3.02. The van der Waals surface area contributed by atoms with Gasteiger partial charge in [-0.05, 0) is 49.1 Å². The third kappa shape index (κ3) is 1.34. The molecule has 1 unspecified atom stereocenters. The minimum Gasteiger partial charge on any atom is -0.330 e. The number of benzene rings is 1. The van der Waals surface area contributed by atoms with E-state index in [1.54, 1.807) is 11.1 Å². The zero-order valence-corrected chi connectivity index (χ0v) is 9.91. The van der Waals surface area contributed by atoms with E-state index in [2.05, 4.69) is 24.3 Å². The maximum absolute atomic E-state index is 6.16. The number of hydrogen-bond donors (Lipinski definition) is 1. The highest BCUT2D eigenvalue weighted by Crippen LogP contribution is 2.49. The van der Waals surface area contributed by atoms with Crippen LogP contribution in [0.1, 0.15) is 43.2 Å². The van der Waals surface area contributed by atoms with Gasteiger partial charge < -0.3 is 5.73 Å². The van der Waals surface area contributed by atoms with Gasteiger partial charge in [-0.3, -0.25) is 0 Å². The Morgan fingerprint density at radius 2 is 2.00 bits per heavy atom. The van der Waals surface area contributed by atoms with Crippen molar-refractivity contribution in [1.29, 1.82) is 0 Å². The molecule has 1 fully saturated rings.